The predicted octanol–water partition coefficient (Wildman–Crippen LogP) is 4.62. The molecule has 0 unspecified atom stereocenters. The number of hydrogen-bond donors (Lipinski definition) is 3. The number of amides is 1. The molecule has 8 nitrogen and oxygen atoms in total. The minimum absolute atomic E-state index is 0.197. The fraction of sp³-hybridized carbons (Fsp3) is 0.259. The van der Waals surface area contributed by atoms with Crippen LogP contribution in [0.4, 0.5) is 20.3 Å². The molecule has 1 fully saturated rings. The number of aromatic amines is 1. The number of H-pyrrole nitrogens is 1. The zero-order chi connectivity index (χ0) is 25.6. The van der Waals surface area contributed by atoms with E-state index in [1.807, 2.05) is 48.7 Å². The first-order valence-electron chi connectivity index (χ1n) is 12.1. The van der Waals surface area contributed by atoms with Gasteiger partial charge >= 0.3 is 0 Å². The number of halogens is 2. The average molecular weight is 502 g/mol. The maximum absolute atomic E-state index is 13.2. The highest BCUT2D eigenvalue weighted by atomic mass is 19.3. The van der Waals surface area contributed by atoms with Crippen molar-refractivity contribution in [2.45, 2.75) is 38.4 Å². The van der Waals surface area contributed by atoms with E-state index in [4.69, 9.17) is 10.7 Å². The third kappa shape index (κ3) is 4.55. The van der Waals surface area contributed by atoms with Crippen LogP contribution in [0.2, 0.25) is 0 Å². The first-order chi connectivity index (χ1) is 17.9. The Morgan fingerprint density at radius 3 is 2.51 bits per heavy atom. The number of hydrogen-bond acceptors (Lipinski definition) is 6. The van der Waals surface area contributed by atoms with Crippen LogP contribution in [0.15, 0.2) is 61.1 Å². The molecule has 0 spiro atoms. The number of benzene rings is 2. The molecule has 1 saturated carbocycles. The molecule has 1 aliphatic heterocycles. The third-order valence-corrected chi connectivity index (χ3v) is 7.00. The summed E-state index contributed by atoms with van der Waals surface area (Å²) in [5.74, 6) is -2.34. The summed E-state index contributed by atoms with van der Waals surface area (Å²) in [4.78, 5) is 23.6. The van der Waals surface area contributed by atoms with Crippen molar-refractivity contribution in [2.24, 2.45) is 11.7 Å². The minimum atomic E-state index is -2.71. The van der Waals surface area contributed by atoms with Crippen LogP contribution in [0.3, 0.4) is 0 Å². The highest BCUT2D eigenvalue weighted by Crippen LogP contribution is 2.44. The lowest BCUT2D eigenvalue weighted by molar-refractivity contribution is -0.160. The number of carbonyl (C=O) groups excluding carboxylic acids is 1. The SMILES string of the molecule is NCc1cnc(-c2ccc3c(c2)CN(C(=O)C2CC(F)(F)C2)C3)nc1Nc1ccc(-c2cn[nH]c2)cc1. The van der Waals surface area contributed by atoms with E-state index in [0.29, 0.717) is 24.7 Å². The molecule has 1 aliphatic carbocycles. The summed E-state index contributed by atoms with van der Waals surface area (Å²) in [6.07, 6.45) is 4.61. The number of carbonyl (C=O) groups is 1. The number of nitrogens with one attached hydrogen (secondary N) is 2. The normalized spacial score (nSPS) is 16.4. The van der Waals surface area contributed by atoms with E-state index in [1.54, 1.807) is 17.3 Å². The van der Waals surface area contributed by atoms with Crippen molar-refractivity contribution >= 4 is 17.4 Å². The van der Waals surface area contributed by atoms with Gasteiger partial charge in [-0.05, 0) is 34.9 Å². The lowest BCUT2D eigenvalue weighted by Crippen LogP contribution is -2.45. The van der Waals surface area contributed by atoms with Gasteiger partial charge in [-0.15, -0.1) is 0 Å². The smallest absolute Gasteiger partial charge is 0.249 e. The van der Waals surface area contributed by atoms with Gasteiger partial charge in [0.05, 0.1) is 6.20 Å². The summed E-state index contributed by atoms with van der Waals surface area (Å²) in [6.45, 7) is 1.11. The van der Waals surface area contributed by atoms with E-state index in [0.717, 1.165) is 39.1 Å². The zero-order valence-corrected chi connectivity index (χ0v) is 19.9. The van der Waals surface area contributed by atoms with Crippen LogP contribution in [-0.2, 0) is 24.4 Å². The molecular formula is C27H25F2N7O. The second-order valence-corrected chi connectivity index (χ2v) is 9.60. The molecule has 0 saturated heterocycles. The monoisotopic (exact) mass is 501 g/mol. The summed E-state index contributed by atoms with van der Waals surface area (Å²) in [5.41, 5.74) is 12.4. The van der Waals surface area contributed by atoms with Crippen LogP contribution in [0.5, 0.6) is 0 Å². The summed E-state index contributed by atoms with van der Waals surface area (Å²) in [6, 6.07) is 13.8. The van der Waals surface area contributed by atoms with Gasteiger partial charge in [0.15, 0.2) is 5.82 Å². The molecule has 2 aromatic heterocycles. The lowest BCUT2D eigenvalue weighted by Gasteiger charge is -2.36. The van der Waals surface area contributed by atoms with E-state index >= 15 is 0 Å². The van der Waals surface area contributed by atoms with Gasteiger partial charge in [-0.25, -0.2) is 18.7 Å². The highest BCUT2D eigenvalue weighted by molar-refractivity contribution is 5.81. The number of nitrogens with two attached hydrogens (primary N) is 1. The minimum Gasteiger partial charge on any atom is -0.340 e. The predicted molar refractivity (Wildman–Crippen MR) is 135 cm³/mol. The van der Waals surface area contributed by atoms with E-state index in [9.17, 15) is 13.6 Å². The average Bonchev–Trinajstić information content (AvgIpc) is 3.57. The molecule has 4 aromatic rings. The molecule has 10 heteroatoms. The quantitative estimate of drug-likeness (QED) is 0.355. The van der Waals surface area contributed by atoms with Gasteiger partial charge in [0.25, 0.3) is 0 Å². The maximum atomic E-state index is 13.2. The first kappa shape index (κ1) is 23.2. The second-order valence-electron chi connectivity index (χ2n) is 9.60. The maximum Gasteiger partial charge on any atom is 0.249 e. The van der Waals surface area contributed by atoms with Crippen LogP contribution in [0, 0.1) is 5.92 Å². The molecule has 3 heterocycles. The van der Waals surface area contributed by atoms with E-state index in [1.165, 1.54) is 0 Å². The Hall–Kier alpha value is -4.18. The van der Waals surface area contributed by atoms with Crippen molar-refractivity contribution in [3.63, 3.8) is 0 Å². The van der Waals surface area contributed by atoms with Crippen LogP contribution >= 0.6 is 0 Å². The van der Waals surface area contributed by atoms with Crippen LogP contribution < -0.4 is 11.1 Å². The van der Waals surface area contributed by atoms with Gasteiger partial charge in [-0.2, -0.15) is 5.10 Å². The van der Waals surface area contributed by atoms with Crippen molar-refractivity contribution in [3.8, 4) is 22.5 Å². The molecule has 0 bridgehead atoms. The summed E-state index contributed by atoms with van der Waals surface area (Å²) in [7, 11) is 0. The van der Waals surface area contributed by atoms with Crippen LogP contribution in [0.1, 0.15) is 29.5 Å². The van der Waals surface area contributed by atoms with Gasteiger partial charge in [-0.1, -0.05) is 24.3 Å². The Bertz CT molecular complexity index is 1450. The van der Waals surface area contributed by atoms with Gasteiger partial charge in [0, 0.05) is 73.2 Å². The number of nitrogens with zero attached hydrogens (tertiary/aromatic N) is 4. The zero-order valence-electron chi connectivity index (χ0n) is 19.9. The molecule has 1 amide bonds. The lowest BCUT2D eigenvalue weighted by atomic mass is 9.80. The molecule has 0 atom stereocenters. The first-order valence-corrected chi connectivity index (χ1v) is 12.1. The molecule has 2 aromatic carbocycles. The summed E-state index contributed by atoms with van der Waals surface area (Å²) < 4.78 is 26.5. The Balaban J connectivity index is 1.20. The van der Waals surface area contributed by atoms with E-state index < -0.39 is 11.8 Å². The fourth-order valence-corrected chi connectivity index (χ4v) is 4.88. The van der Waals surface area contributed by atoms with Crippen molar-refractivity contribution in [1.29, 1.82) is 0 Å². The van der Waals surface area contributed by atoms with Gasteiger partial charge in [0.2, 0.25) is 11.8 Å². The number of anilines is 2. The Labute approximate surface area is 211 Å². The Morgan fingerprint density at radius 2 is 1.81 bits per heavy atom. The molecule has 2 aliphatic rings. The van der Waals surface area contributed by atoms with Crippen molar-refractivity contribution in [3.05, 3.63) is 77.7 Å². The van der Waals surface area contributed by atoms with Crippen molar-refractivity contribution in [1.82, 2.24) is 25.1 Å². The molecule has 188 valence electrons. The topological polar surface area (TPSA) is 113 Å². The van der Waals surface area contributed by atoms with E-state index in [-0.39, 0.29) is 25.3 Å². The number of alkyl halides is 2. The summed E-state index contributed by atoms with van der Waals surface area (Å²) in [5, 5.41) is 10.1. The Kier molecular flexibility index (Phi) is 5.68. The van der Waals surface area contributed by atoms with Gasteiger partial charge in [0.1, 0.15) is 5.82 Å². The number of fused-ring (bicyclic) bond motifs is 1. The third-order valence-electron chi connectivity index (χ3n) is 7.00. The largest absolute Gasteiger partial charge is 0.340 e. The van der Waals surface area contributed by atoms with Crippen molar-refractivity contribution in [2.75, 3.05) is 5.32 Å². The molecule has 37 heavy (non-hydrogen) atoms. The van der Waals surface area contributed by atoms with Crippen molar-refractivity contribution < 1.29 is 13.6 Å². The number of rotatable bonds is 6. The fourth-order valence-electron chi connectivity index (χ4n) is 4.88. The van der Waals surface area contributed by atoms with Gasteiger partial charge < -0.3 is 16.0 Å². The standard InChI is InChI=1S/C27H25F2N7O/c28-27(29)8-20(9-27)26(37)36-14-18-2-1-17(7-19(18)15-36)24-31-11-21(10-30)25(35-24)34-23-5-3-16(4-6-23)22-12-32-33-13-22/h1-7,11-13,20H,8-10,14-15,30H2,(H,32,33)(H,31,34,35). The van der Waals surface area contributed by atoms with E-state index in [2.05, 4.69) is 20.5 Å². The second kappa shape index (κ2) is 9.04. The molecular weight excluding hydrogens is 476 g/mol. The molecule has 0 radical (unpaired) electrons. The Morgan fingerprint density at radius 1 is 1.05 bits per heavy atom. The highest BCUT2D eigenvalue weighted by Gasteiger charge is 2.50. The summed E-state index contributed by atoms with van der Waals surface area (Å²) >= 11 is 0. The molecule has 6 rings (SSSR count). The number of aromatic nitrogens is 4. The molecule has 4 N–H and O–H groups in total. The van der Waals surface area contributed by atoms with Crippen LogP contribution in [0.25, 0.3) is 22.5 Å². The van der Waals surface area contributed by atoms with Crippen LogP contribution in [-0.4, -0.2) is 36.9 Å². The van der Waals surface area contributed by atoms with Gasteiger partial charge in [-0.3, -0.25) is 9.89 Å².